The van der Waals surface area contributed by atoms with E-state index in [1.165, 1.54) is 89.0 Å². The summed E-state index contributed by atoms with van der Waals surface area (Å²) in [6, 6.07) is 0.126. The van der Waals surface area contributed by atoms with Crippen LogP contribution in [0.2, 0.25) is 0 Å². The Morgan fingerprint density at radius 1 is 0.828 bits per heavy atom. The van der Waals surface area contributed by atoms with E-state index in [4.69, 9.17) is 0 Å². The number of amides is 1. The molecule has 3 heteroatoms. The van der Waals surface area contributed by atoms with Gasteiger partial charge in [0.2, 0.25) is 5.78 Å². The molecule has 1 atom stereocenters. The van der Waals surface area contributed by atoms with Crippen molar-refractivity contribution in [3.63, 3.8) is 0 Å². The average molecular weight is 406 g/mol. The standard InChI is InChI=1S/C26H47NO2/c1-4-6-7-8-9-10-11-12-13-14-15-16-17-18-20-23(3)24(19-5-2)27-22-21-25(28)26(27)29/h20,24H,4-19,21-22H2,1-3H3. The van der Waals surface area contributed by atoms with E-state index in [2.05, 4.69) is 26.8 Å². The van der Waals surface area contributed by atoms with Gasteiger partial charge < -0.3 is 4.90 Å². The van der Waals surface area contributed by atoms with Crippen molar-refractivity contribution in [3.8, 4) is 0 Å². The maximum Gasteiger partial charge on any atom is 0.290 e. The first-order valence-corrected chi connectivity index (χ1v) is 12.6. The van der Waals surface area contributed by atoms with E-state index < -0.39 is 0 Å². The number of Topliss-reactive ketones (excluding diaryl/α,β-unsaturated/α-hetero) is 1. The Morgan fingerprint density at radius 3 is 1.79 bits per heavy atom. The molecule has 0 aromatic heterocycles. The maximum absolute atomic E-state index is 12.1. The van der Waals surface area contributed by atoms with Gasteiger partial charge in [0.1, 0.15) is 0 Å². The number of nitrogens with zero attached hydrogens (tertiary/aromatic N) is 1. The molecular formula is C26H47NO2. The zero-order valence-electron chi connectivity index (χ0n) is 19.6. The lowest BCUT2D eigenvalue weighted by atomic mass is 10.00. The van der Waals surface area contributed by atoms with Gasteiger partial charge in [-0.15, -0.1) is 0 Å². The van der Waals surface area contributed by atoms with Crippen molar-refractivity contribution in [2.45, 2.75) is 136 Å². The number of likely N-dealkylation sites (tertiary alicyclic amines) is 1. The van der Waals surface area contributed by atoms with Gasteiger partial charge >= 0.3 is 0 Å². The van der Waals surface area contributed by atoms with Crippen LogP contribution in [0, 0.1) is 0 Å². The van der Waals surface area contributed by atoms with Crippen LogP contribution in [0.4, 0.5) is 0 Å². The van der Waals surface area contributed by atoms with Crippen molar-refractivity contribution in [3.05, 3.63) is 11.6 Å². The molecule has 0 aromatic rings. The van der Waals surface area contributed by atoms with Crippen LogP contribution in [-0.2, 0) is 9.59 Å². The number of hydrogen-bond donors (Lipinski definition) is 0. The van der Waals surface area contributed by atoms with E-state index in [9.17, 15) is 9.59 Å². The van der Waals surface area contributed by atoms with Crippen molar-refractivity contribution in [1.82, 2.24) is 4.90 Å². The number of carbonyl (C=O) groups excluding carboxylic acids is 2. The molecule has 168 valence electrons. The Morgan fingerprint density at radius 2 is 1.34 bits per heavy atom. The molecule has 1 saturated heterocycles. The Kier molecular flexibility index (Phi) is 14.9. The quantitative estimate of drug-likeness (QED) is 0.135. The Bertz CT molecular complexity index is 483. The minimum absolute atomic E-state index is 0.126. The zero-order valence-corrected chi connectivity index (χ0v) is 19.6. The van der Waals surface area contributed by atoms with Crippen LogP contribution in [0.25, 0.3) is 0 Å². The van der Waals surface area contributed by atoms with Gasteiger partial charge in [-0.1, -0.05) is 109 Å². The Hall–Kier alpha value is -1.12. The molecule has 0 radical (unpaired) electrons. The van der Waals surface area contributed by atoms with E-state index in [0.717, 1.165) is 19.3 Å². The molecule has 1 rings (SSSR count). The summed E-state index contributed by atoms with van der Waals surface area (Å²) in [7, 11) is 0. The van der Waals surface area contributed by atoms with Crippen LogP contribution in [-0.4, -0.2) is 29.2 Å². The van der Waals surface area contributed by atoms with Gasteiger partial charge in [-0.25, -0.2) is 0 Å². The second kappa shape index (κ2) is 16.7. The third kappa shape index (κ3) is 11.0. The largest absolute Gasteiger partial charge is 0.329 e. The minimum Gasteiger partial charge on any atom is -0.329 e. The molecular weight excluding hydrogens is 358 g/mol. The topological polar surface area (TPSA) is 37.4 Å². The highest BCUT2D eigenvalue weighted by Crippen LogP contribution is 2.22. The van der Waals surface area contributed by atoms with Crippen molar-refractivity contribution < 1.29 is 9.59 Å². The molecule has 1 unspecified atom stereocenters. The van der Waals surface area contributed by atoms with E-state index in [-0.39, 0.29) is 17.7 Å². The van der Waals surface area contributed by atoms with E-state index >= 15 is 0 Å². The normalized spacial score (nSPS) is 16.1. The minimum atomic E-state index is -0.267. The smallest absolute Gasteiger partial charge is 0.290 e. The van der Waals surface area contributed by atoms with Crippen LogP contribution in [0.3, 0.4) is 0 Å². The molecule has 0 aliphatic carbocycles. The fourth-order valence-corrected chi connectivity index (χ4v) is 4.42. The predicted molar refractivity (Wildman–Crippen MR) is 124 cm³/mol. The highest BCUT2D eigenvalue weighted by Gasteiger charge is 2.34. The highest BCUT2D eigenvalue weighted by molar-refractivity contribution is 6.38. The summed E-state index contributed by atoms with van der Waals surface area (Å²) >= 11 is 0. The maximum atomic E-state index is 12.1. The molecule has 1 aliphatic heterocycles. The van der Waals surface area contributed by atoms with Crippen LogP contribution in [0.5, 0.6) is 0 Å². The Labute approximate surface area is 180 Å². The number of carbonyl (C=O) groups is 2. The fraction of sp³-hybridized carbons (Fsp3) is 0.846. The van der Waals surface area contributed by atoms with Crippen LogP contribution in [0.1, 0.15) is 130 Å². The average Bonchev–Trinajstić information content (AvgIpc) is 3.04. The predicted octanol–water partition coefficient (Wildman–Crippen LogP) is 7.38. The molecule has 29 heavy (non-hydrogen) atoms. The van der Waals surface area contributed by atoms with Crippen LogP contribution < -0.4 is 0 Å². The molecule has 1 heterocycles. The molecule has 0 bridgehead atoms. The molecule has 1 fully saturated rings. The summed E-state index contributed by atoms with van der Waals surface area (Å²) in [4.78, 5) is 25.5. The van der Waals surface area contributed by atoms with Gasteiger partial charge in [-0.05, 0) is 26.2 Å². The lowest BCUT2D eigenvalue weighted by Crippen LogP contribution is -2.38. The molecule has 0 aromatic carbocycles. The van der Waals surface area contributed by atoms with Crippen molar-refractivity contribution >= 4 is 11.7 Å². The molecule has 3 nitrogen and oxygen atoms in total. The third-order valence-electron chi connectivity index (χ3n) is 6.32. The van der Waals surface area contributed by atoms with Gasteiger partial charge in [0, 0.05) is 13.0 Å². The van der Waals surface area contributed by atoms with Crippen molar-refractivity contribution in [2.24, 2.45) is 0 Å². The van der Waals surface area contributed by atoms with Gasteiger partial charge in [0.05, 0.1) is 6.04 Å². The lowest BCUT2D eigenvalue weighted by molar-refractivity contribution is -0.140. The third-order valence-corrected chi connectivity index (χ3v) is 6.32. The number of hydrogen-bond acceptors (Lipinski definition) is 2. The summed E-state index contributed by atoms with van der Waals surface area (Å²) < 4.78 is 0. The number of rotatable bonds is 18. The van der Waals surface area contributed by atoms with E-state index in [1.54, 1.807) is 0 Å². The first-order chi connectivity index (χ1) is 14.1. The monoisotopic (exact) mass is 405 g/mol. The molecule has 1 amide bonds. The highest BCUT2D eigenvalue weighted by atomic mass is 16.2. The Balaban J connectivity index is 2.08. The summed E-state index contributed by atoms with van der Waals surface area (Å²) in [5, 5.41) is 0. The number of unbranched alkanes of at least 4 members (excludes halogenated alkanes) is 13. The fourth-order valence-electron chi connectivity index (χ4n) is 4.42. The van der Waals surface area contributed by atoms with Crippen molar-refractivity contribution in [1.29, 1.82) is 0 Å². The van der Waals surface area contributed by atoms with Gasteiger partial charge in [-0.2, -0.15) is 0 Å². The summed E-state index contributed by atoms with van der Waals surface area (Å²) in [6.07, 6.45) is 23.8. The zero-order chi connectivity index (χ0) is 21.3. The summed E-state index contributed by atoms with van der Waals surface area (Å²) in [5.74, 6) is -0.479. The van der Waals surface area contributed by atoms with E-state index in [1.807, 2.05) is 4.90 Å². The second-order valence-electron chi connectivity index (χ2n) is 8.96. The van der Waals surface area contributed by atoms with Crippen LogP contribution >= 0.6 is 0 Å². The molecule has 1 aliphatic rings. The van der Waals surface area contributed by atoms with Crippen molar-refractivity contribution in [2.75, 3.05) is 6.54 Å². The number of allylic oxidation sites excluding steroid dienone is 1. The summed E-state index contributed by atoms with van der Waals surface area (Å²) in [6.45, 7) is 7.17. The van der Waals surface area contributed by atoms with Gasteiger partial charge in [-0.3, -0.25) is 9.59 Å². The van der Waals surface area contributed by atoms with Gasteiger partial charge in [0.15, 0.2) is 0 Å². The van der Waals surface area contributed by atoms with Gasteiger partial charge in [0.25, 0.3) is 5.91 Å². The van der Waals surface area contributed by atoms with Crippen LogP contribution in [0.15, 0.2) is 11.6 Å². The first-order valence-electron chi connectivity index (χ1n) is 12.6. The first kappa shape index (κ1) is 25.9. The van der Waals surface area contributed by atoms with E-state index in [0.29, 0.717) is 13.0 Å². The summed E-state index contributed by atoms with van der Waals surface area (Å²) in [5.41, 5.74) is 1.27. The molecule has 0 N–H and O–H groups in total. The SMILES string of the molecule is CCCCCCCCCCCCCCCC=C(C)C(CCC)N1CCC(=O)C1=O. The lowest BCUT2D eigenvalue weighted by Gasteiger charge is -2.28. The molecule has 0 spiro atoms. The second-order valence-corrected chi connectivity index (χ2v) is 8.96. The number of ketones is 1. The molecule has 0 saturated carbocycles.